The maximum absolute atomic E-state index is 13.5. The predicted molar refractivity (Wildman–Crippen MR) is 119 cm³/mol. The highest BCUT2D eigenvalue weighted by Gasteiger charge is 2.38. The molecule has 0 saturated carbocycles. The van der Waals surface area contributed by atoms with Crippen molar-refractivity contribution in [2.24, 2.45) is 0 Å². The first kappa shape index (κ1) is 19.2. The Labute approximate surface area is 179 Å². The van der Waals surface area contributed by atoms with Crippen LogP contribution in [-0.2, 0) is 0 Å². The molecule has 0 bridgehead atoms. The summed E-state index contributed by atoms with van der Waals surface area (Å²) in [6, 6.07) is 12.1. The van der Waals surface area contributed by atoms with Crippen molar-refractivity contribution in [1.82, 2.24) is 0 Å². The Balaban J connectivity index is 1.80. The van der Waals surface area contributed by atoms with Gasteiger partial charge in [0.25, 0.3) is 17.5 Å². The van der Waals surface area contributed by atoms with E-state index in [1.54, 1.807) is 24.3 Å². The SMILES string of the molecule is Cc1ccc(N2C(=O)c3cccc4c(N5CCCC5)c([N+](=O)[O-])cc(c34)C2=O)c(C)c1. The molecule has 0 unspecified atom stereocenters. The molecule has 0 aromatic heterocycles. The lowest BCUT2D eigenvalue weighted by Crippen LogP contribution is -2.41. The van der Waals surface area contributed by atoms with E-state index >= 15 is 0 Å². The van der Waals surface area contributed by atoms with Crippen molar-refractivity contribution in [3.05, 3.63) is 74.8 Å². The van der Waals surface area contributed by atoms with Crippen molar-refractivity contribution in [1.29, 1.82) is 0 Å². The monoisotopic (exact) mass is 415 g/mol. The molecule has 0 aliphatic carbocycles. The molecule has 0 radical (unpaired) electrons. The van der Waals surface area contributed by atoms with Gasteiger partial charge in [-0.2, -0.15) is 0 Å². The zero-order chi connectivity index (χ0) is 21.9. The molecule has 0 N–H and O–H groups in total. The molecular weight excluding hydrogens is 394 g/mol. The van der Waals surface area contributed by atoms with Crippen LogP contribution in [-0.4, -0.2) is 29.8 Å². The number of aryl methyl sites for hydroxylation is 2. The number of anilines is 2. The minimum absolute atomic E-state index is 0.0928. The normalized spacial score (nSPS) is 15.8. The largest absolute Gasteiger partial charge is 0.365 e. The second-order valence-corrected chi connectivity index (χ2v) is 8.21. The number of amides is 2. The van der Waals surface area contributed by atoms with Crippen LogP contribution in [0.15, 0.2) is 42.5 Å². The van der Waals surface area contributed by atoms with Crippen LogP contribution in [0, 0.1) is 24.0 Å². The Morgan fingerprint density at radius 2 is 1.65 bits per heavy atom. The third kappa shape index (κ3) is 2.80. The summed E-state index contributed by atoms with van der Waals surface area (Å²) in [5, 5.41) is 13.1. The molecular formula is C24H21N3O4. The summed E-state index contributed by atoms with van der Waals surface area (Å²) >= 11 is 0. The van der Waals surface area contributed by atoms with Crippen LogP contribution in [0.5, 0.6) is 0 Å². The molecule has 0 atom stereocenters. The van der Waals surface area contributed by atoms with Crippen molar-refractivity contribution >= 4 is 39.6 Å². The lowest BCUT2D eigenvalue weighted by atomic mass is 9.91. The number of benzene rings is 3. The molecule has 2 heterocycles. The molecule has 156 valence electrons. The van der Waals surface area contributed by atoms with Crippen LogP contribution in [0.2, 0.25) is 0 Å². The van der Waals surface area contributed by atoms with Gasteiger partial charge >= 0.3 is 0 Å². The van der Waals surface area contributed by atoms with Crippen molar-refractivity contribution in [2.75, 3.05) is 22.9 Å². The Hall–Kier alpha value is -3.74. The van der Waals surface area contributed by atoms with E-state index in [0.717, 1.165) is 42.0 Å². The first-order valence-electron chi connectivity index (χ1n) is 10.3. The minimum Gasteiger partial charge on any atom is -0.365 e. The fraction of sp³-hybridized carbons (Fsp3) is 0.250. The Kier molecular flexibility index (Phi) is 4.28. The van der Waals surface area contributed by atoms with Gasteiger partial charge in [0.1, 0.15) is 5.69 Å². The van der Waals surface area contributed by atoms with E-state index in [-0.39, 0.29) is 11.3 Å². The van der Waals surface area contributed by atoms with Gasteiger partial charge in [-0.25, -0.2) is 4.90 Å². The lowest BCUT2D eigenvalue weighted by Gasteiger charge is -2.30. The first-order valence-corrected chi connectivity index (χ1v) is 10.3. The van der Waals surface area contributed by atoms with Gasteiger partial charge in [-0.15, -0.1) is 0 Å². The summed E-state index contributed by atoms with van der Waals surface area (Å²) in [7, 11) is 0. The van der Waals surface area contributed by atoms with Crippen molar-refractivity contribution in [2.45, 2.75) is 26.7 Å². The minimum atomic E-state index is -0.531. The summed E-state index contributed by atoms with van der Waals surface area (Å²) < 4.78 is 0. The maximum atomic E-state index is 13.5. The van der Waals surface area contributed by atoms with Gasteiger partial charge in [-0.05, 0) is 44.4 Å². The maximum Gasteiger partial charge on any atom is 0.293 e. The standard InChI is InChI=1S/C24H21N3O4/c1-14-8-9-19(15(2)12-14)26-23(28)17-7-5-6-16-21(17)18(24(26)29)13-20(27(30)31)22(16)25-10-3-4-11-25/h5-9,12-13H,3-4,10-11H2,1-2H3. The number of nitrogens with zero attached hydrogens (tertiary/aromatic N) is 3. The molecule has 2 aliphatic heterocycles. The highest BCUT2D eigenvalue weighted by molar-refractivity contribution is 6.37. The summed E-state index contributed by atoms with van der Waals surface area (Å²) in [4.78, 5) is 41.7. The second kappa shape index (κ2) is 6.91. The summed E-state index contributed by atoms with van der Waals surface area (Å²) in [5.74, 6) is -0.937. The fourth-order valence-electron chi connectivity index (χ4n) is 4.82. The molecule has 7 nitrogen and oxygen atoms in total. The Bertz CT molecular complexity index is 1290. The third-order valence-electron chi connectivity index (χ3n) is 6.19. The molecule has 1 fully saturated rings. The lowest BCUT2D eigenvalue weighted by molar-refractivity contribution is -0.384. The van der Waals surface area contributed by atoms with E-state index in [4.69, 9.17) is 0 Å². The fourth-order valence-corrected chi connectivity index (χ4v) is 4.82. The van der Waals surface area contributed by atoms with E-state index in [1.807, 2.05) is 30.9 Å². The number of hydrogen-bond donors (Lipinski definition) is 0. The number of rotatable bonds is 3. The number of imide groups is 1. The van der Waals surface area contributed by atoms with Crippen LogP contribution in [0.25, 0.3) is 10.8 Å². The number of nitro groups is 1. The molecule has 3 aromatic carbocycles. The van der Waals surface area contributed by atoms with E-state index < -0.39 is 16.7 Å². The predicted octanol–water partition coefficient (Wildman–Crippen LogP) is 4.77. The van der Waals surface area contributed by atoms with Gasteiger partial charge < -0.3 is 4.90 Å². The smallest absolute Gasteiger partial charge is 0.293 e. The summed E-state index contributed by atoms with van der Waals surface area (Å²) in [6.07, 6.45) is 1.91. The zero-order valence-electron chi connectivity index (χ0n) is 17.3. The van der Waals surface area contributed by atoms with Crippen molar-refractivity contribution in [3.8, 4) is 0 Å². The average molecular weight is 415 g/mol. The van der Waals surface area contributed by atoms with Gasteiger partial charge in [0.2, 0.25) is 0 Å². The molecule has 0 spiro atoms. The number of hydrogen-bond acceptors (Lipinski definition) is 5. The van der Waals surface area contributed by atoms with Gasteiger partial charge in [-0.1, -0.05) is 29.8 Å². The second-order valence-electron chi connectivity index (χ2n) is 8.21. The van der Waals surface area contributed by atoms with Crippen LogP contribution >= 0.6 is 0 Å². The van der Waals surface area contributed by atoms with Crippen LogP contribution in [0.4, 0.5) is 17.1 Å². The molecule has 2 aliphatic rings. The number of carbonyl (C=O) groups excluding carboxylic acids is 2. The average Bonchev–Trinajstić information content (AvgIpc) is 3.27. The van der Waals surface area contributed by atoms with E-state index in [1.165, 1.54) is 6.07 Å². The van der Waals surface area contributed by atoms with Gasteiger partial charge in [0, 0.05) is 35.5 Å². The van der Waals surface area contributed by atoms with E-state index in [9.17, 15) is 19.7 Å². The molecule has 2 amide bonds. The molecule has 3 aromatic rings. The van der Waals surface area contributed by atoms with E-state index in [2.05, 4.69) is 0 Å². The van der Waals surface area contributed by atoms with Gasteiger partial charge in [-0.3, -0.25) is 19.7 Å². The van der Waals surface area contributed by atoms with Gasteiger partial charge in [0.15, 0.2) is 0 Å². The van der Waals surface area contributed by atoms with Crippen molar-refractivity contribution < 1.29 is 14.5 Å². The summed E-state index contributed by atoms with van der Waals surface area (Å²) in [5.41, 5.74) is 3.30. The quantitative estimate of drug-likeness (QED) is 0.350. The van der Waals surface area contributed by atoms with Crippen molar-refractivity contribution in [3.63, 3.8) is 0 Å². The molecule has 5 rings (SSSR count). The topological polar surface area (TPSA) is 83.8 Å². The molecule has 31 heavy (non-hydrogen) atoms. The zero-order valence-corrected chi connectivity index (χ0v) is 17.3. The molecule has 7 heteroatoms. The Morgan fingerprint density at radius 3 is 2.32 bits per heavy atom. The highest BCUT2D eigenvalue weighted by atomic mass is 16.6. The summed E-state index contributed by atoms with van der Waals surface area (Å²) in [6.45, 7) is 5.22. The number of nitro benzene ring substituents is 1. The molecule has 1 saturated heterocycles. The van der Waals surface area contributed by atoms with Gasteiger partial charge in [0.05, 0.1) is 16.2 Å². The van der Waals surface area contributed by atoms with Crippen LogP contribution < -0.4 is 9.80 Å². The van der Waals surface area contributed by atoms with E-state index in [0.29, 0.717) is 27.7 Å². The third-order valence-corrected chi connectivity index (χ3v) is 6.19. The van der Waals surface area contributed by atoms with Crippen LogP contribution in [0.1, 0.15) is 44.7 Å². The number of carbonyl (C=O) groups is 2. The van der Waals surface area contributed by atoms with Crippen LogP contribution in [0.3, 0.4) is 0 Å². The first-order chi connectivity index (χ1) is 14.9. The Morgan fingerprint density at radius 1 is 0.935 bits per heavy atom. The highest BCUT2D eigenvalue weighted by Crippen LogP contribution is 2.44.